The lowest BCUT2D eigenvalue weighted by Crippen LogP contribution is -2.13. The van der Waals surface area contributed by atoms with Gasteiger partial charge in [0.25, 0.3) is 0 Å². The van der Waals surface area contributed by atoms with E-state index in [4.69, 9.17) is 5.73 Å². The van der Waals surface area contributed by atoms with E-state index in [1.54, 1.807) is 12.4 Å². The van der Waals surface area contributed by atoms with Crippen molar-refractivity contribution in [1.82, 2.24) is 9.97 Å². The van der Waals surface area contributed by atoms with Crippen molar-refractivity contribution in [2.75, 3.05) is 0 Å². The number of nitrogens with zero attached hydrogens (tertiary/aromatic N) is 2. The van der Waals surface area contributed by atoms with Crippen molar-refractivity contribution in [3.63, 3.8) is 0 Å². The van der Waals surface area contributed by atoms with E-state index in [2.05, 4.69) is 9.97 Å². The fourth-order valence-corrected chi connectivity index (χ4v) is 1.39. The van der Waals surface area contributed by atoms with E-state index in [-0.39, 0.29) is 6.04 Å². The molecule has 1 heterocycles. The van der Waals surface area contributed by atoms with Gasteiger partial charge in [-0.1, -0.05) is 30.3 Å². The molecule has 1 aromatic heterocycles. The maximum atomic E-state index is 6.06. The van der Waals surface area contributed by atoms with Gasteiger partial charge in [-0.2, -0.15) is 0 Å². The molecule has 0 saturated carbocycles. The van der Waals surface area contributed by atoms with E-state index in [1.165, 1.54) is 0 Å². The summed E-state index contributed by atoms with van der Waals surface area (Å²) in [6.45, 7) is 1.91. The third kappa shape index (κ3) is 2.19. The molecule has 0 aliphatic rings. The van der Waals surface area contributed by atoms with Gasteiger partial charge in [-0.3, -0.25) is 9.97 Å². The van der Waals surface area contributed by atoms with E-state index < -0.39 is 0 Å². The van der Waals surface area contributed by atoms with E-state index in [1.807, 2.05) is 37.3 Å². The normalized spacial score (nSPS) is 12.4. The number of benzene rings is 1. The van der Waals surface area contributed by atoms with Gasteiger partial charge in [0, 0.05) is 6.20 Å². The average molecular weight is 199 g/mol. The lowest BCUT2D eigenvalue weighted by molar-refractivity contribution is 0.813. The molecule has 2 rings (SSSR count). The third-order valence-corrected chi connectivity index (χ3v) is 2.28. The number of aromatic nitrogens is 2. The highest BCUT2D eigenvalue weighted by molar-refractivity contribution is 5.25. The second-order valence-corrected chi connectivity index (χ2v) is 3.47. The summed E-state index contributed by atoms with van der Waals surface area (Å²) in [5.41, 5.74) is 8.82. The monoisotopic (exact) mass is 199 g/mol. The average Bonchev–Trinajstić information content (AvgIpc) is 2.30. The summed E-state index contributed by atoms with van der Waals surface area (Å²) in [5, 5.41) is 0. The molecule has 2 aromatic rings. The maximum Gasteiger partial charge on any atom is 0.0799 e. The molecule has 0 aliphatic heterocycles. The molecule has 0 fully saturated rings. The Balaban J connectivity index is 2.29. The van der Waals surface area contributed by atoms with Crippen LogP contribution in [0.1, 0.15) is 23.0 Å². The van der Waals surface area contributed by atoms with Gasteiger partial charge in [0.05, 0.1) is 23.6 Å². The summed E-state index contributed by atoms with van der Waals surface area (Å²) in [7, 11) is 0. The largest absolute Gasteiger partial charge is 0.319 e. The quantitative estimate of drug-likeness (QED) is 0.802. The fourth-order valence-electron chi connectivity index (χ4n) is 1.39. The molecule has 1 unspecified atom stereocenters. The van der Waals surface area contributed by atoms with Gasteiger partial charge in [0.15, 0.2) is 0 Å². The molecular weight excluding hydrogens is 186 g/mol. The lowest BCUT2D eigenvalue weighted by atomic mass is 10.1. The predicted molar refractivity (Wildman–Crippen MR) is 59.2 cm³/mol. The second kappa shape index (κ2) is 4.19. The summed E-state index contributed by atoms with van der Waals surface area (Å²) in [5.74, 6) is 0. The Morgan fingerprint density at radius 3 is 2.40 bits per heavy atom. The van der Waals surface area contributed by atoms with Crippen LogP contribution in [0, 0.1) is 6.92 Å². The van der Waals surface area contributed by atoms with Crippen molar-refractivity contribution in [3.05, 3.63) is 59.7 Å². The van der Waals surface area contributed by atoms with Crippen LogP contribution in [0.5, 0.6) is 0 Å². The topological polar surface area (TPSA) is 51.8 Å². The van der Waals surface area contributed by atoms with Crippen LogP contribution in [-0.4, -0.2) is 9.97 Å². The molecule has 76 valence electrons. The van der Waals surface area contributed by atoms with Crippen molar-refractivity contribution < 1.29 is 0 Å². The van der Waals surface area contributed by atoms with Crippen LogP contribution in [0.15, 0.2) is 42.7 Å². The van der Waals surface area contributed by atoms with E-state index in [0.29, 0.717) is 0 Å². The molecule has 1 aromatic carbocycles. The van der Waals surface area contributed by atoms with Gasteiger partial charge < -0.3 is 5.73 Å². The van der Waals surface area contributed by atoms with Crippen LogP contribution in [0.4, 0.5) is 0 Å². The first-order chi connectivity index (χ1) is 7.27. The Labute approximate surface area is 89.0 Å². The number of rotatable bonds is 2. The van der Waals surface area contributed by atoms with Crippen LogP contribution in [0.2, 0.25) is 0 Å². The molecule has 0 aliphatic carbocycles. The summed E-state index contributed by atoms with van der Waals surface area (Å²) in [6.07, 6.45) is 3.46. The molecule has 0 radical (unpaired) electrons. The van der Waals surface area contributed by atoms with Gasteiger partial charge in [0.2, 0.25) is 0 Å². The minimum atomic E-state index is -0.195. The van der Waals surface area contributed by atoms with Gasteiger partial charge >= 0.3 is 0 Å². The van der Waals surface area contributed by atoms with Gasteiger partial charge in [-0.05, 0) is 12.5 Å². The summed E-state index contributed by atoms with van der Waals surface area (Å²) in [4.78, 5) is 8.45. The van der Waals surface area contributed by atoms with E-state index in [0.717, 1.165) is 17.0 Å². The second-order valence-electron chi connectivity index (χ2n) is 3.47. The highest BCUT2D eigenvalue weighted by Crippen LogP contribution is 2.15. The van der Waals surface area contributed by atoms with Crippen molar-refractivity contribution in [3.8, 4) is 0 Å². The molecule has 2 N–H and O–H groups in total. The summed E-state index contributed by atoms with van der Waals surface area (Å²) >= 11 is 0. The Hall–Kier alpha value is -1.74. The van der Waals surface area contributed by atoms with Crippen molar-refractivity contribution >= 4 is 0 Å². The van der Waals surface area contributed by atoms with Gasteiger partial charge in [-0.25, -0.2) is 0 Å². The zero-order valence-corrected chi connectivity index (χ0v) is 8.59. The molecule has 3 nitrogen and oxygen atoms in total. The first-order valence-electron chi connectivity index (χ1n) is 4.86. The highest BCUT2D eigenvalue weighted by atomic mass is 14.8. The molecule has 0 saturated heterocycles. The molecule has 15 heavy (non-hydrogen) atoms. The van der Waals surface area contributed by atoms with Crippen LogP contribution in [-0.2, 0) is 0 Å². The molecule has 3 heteroatoms. The highest BCUT2D eigenvalue weighted by Gasteiger charge is 2.09. The molecule has 1 atom stereocenters. The van der Waals surface area contributed by atoms with Crippen molar-refractivity contribution in [1.29, 1.82) is 0 Å². The summed E-state index contributed by atoms with van der Waals surface area (Å²) in [6, 6.07) is 9.70. The summed E-state index contributed by atoms with van der Waals surface area (Å²) < 4.78 is 0. The maximum absolute atomic E-state index is 6.06. The van der Waals surface area contributed by atoms with Crippen LogP contribution in [0.25, 0.3) is 0 Å². The Bertz CT molecular complexity index is 422. The number of nitrogens with two attached hydrogens (primary N) is 1. The molecule has 0 amide bonds. The SMILES string of the molecule is Cc1cnc(C(N)c2ccccc2)cn1. The van der Waals surface area contributed by atoms with E-state index in [9.17, 15) is 0 Å². The van der Waals surface area contributed by atoms with Crippen LogP contribution < -0.4 is 5.73 Å². The third-order valence-electron chi connectivity index (χ3n) is 2.28. The molecular formula is C12H13N3. The lowest BCUT2D eigenvalue weighted by Gasteiger charge is -2.10. The predicted octanol–water partition coefficient (Wildman–Crippen LogP) is 1.83. The number of aryl methyl sites for hydroxylation is 1. The molecule has 0 spiro atoms. The Kier molecular flexibility index (Phi) is 2.74. The fraction of sp³-hybridized carbons (Fsp3) is 0.167. The minimum Gasteiger partial charge on any atom is -0.319 e. The Morgan fingerprint density at radius 1 is 1.07 bits per heavy atom. The first kappa shape index (κ1) is 9.80. The first-order valence-corrected chi connectivity index (χ1v) is 4.86. The number of hydrogen-bond acceptors (Lipinski definition) is 3. The Morgan fingerprint density at radius 2 is 1.80 bits per heavy atom. The van der Waals surface area contributed by atoms with Gasteiger partial charge in [-0.15, -0.1) is 0 Å². The zero-order chi connectivity index (χ0) is 10.7. The minimum absolute atomic E-state index is 0.195. The standard InChI is InChI=1S/C12H13N3/c1-9-7-15-11(8-14-9)12(13)10-5-3-2-4-6-10/h2-8,12H,13H2,1H3. The van der Waals surface area contributed by atoms with Crippen molar-refractivity contribution in [2.24, 2.45) is 5.73 Å². The molecule has 0 bridgehead atoms. The van der Waals surface area contributed by atoms with E-state index >= 15 is 0 Å². The van der Waals surface area contributed by atoms with Crippen LogP contribution >= 0.6 is 0 Å². The number of hydrogen-bond donors (Lipinski definition) is 1. The van der Waals surface area contributed by atoms with Gasteiger partial charge in [0.1, 0.15) is 0 Å². The van der Waals surface area contributed by atoms with Crippen LogP contribution in [0.3, 0.4) is 0 Å². The smallest absolute Gasteiger partial charge is 0.0799 e. The van der Waals surface area contributed by atoms with Crippen molar-refractivity contribution in [2.45, 2.75) is 13.0 Å². The zero-order valence-electron chi connectivity index (χ0n) is 8.59.